The first-order valence-corrected chi connectivity index (χ1v) is 11.4. The van der Waals surface area contributed by atoms with Crippen LogP contribution in [-0.4, -0.2) is 61.0 Å². The fraction of sp³-hybridized carbons (Fsp3) is 0.526. The van der Waals surface area contributed by atoms with Gasteiger partial charge in [-0.3, -0.25) is 4.79 Å². The van der Waals surface area contributed by atoms with E-state index in [9.17, 15) is 26.4 Å². The summed E-state index contributed by atoms with van der Waals surface area (Å²) in [6, 6.07) is 3.26. The number of alkyl halides is 3. The van der Waals surface area contributed by atoms with Crippen molar-refractivity contribution >= 4 is 15.7 Å². The molecule has 0 spiro atoms. The lowest BCUT2D eigenvalue weighted by atomic mass is 10.1. The van der Waals surface area contributed by atoms with Crippen LogP contribution in [0.5, 0.6) is 5.75 Å². The molecule has 1 aromatic heterocycles. The van der Waals surface area contributed by atoms with Crippen LogP contribution in [0.1, 0.15) is 35.4 Å². The van der Waals surface area contributed by atoms with Gasteiger partial charge in [0.15, 0.2) is 21.8 Å². The zero-order valence-electron chi connectivity index (χ0n) is 16.9. The number of aromatic nitrogens is 2. The summed E-state index contributed by atoms with van der Waals surface area (Å²) in [5.74, 6) is 0.0471. The second-order valence-electron chi connectivity index (χ2n) is 8.12. The number of carbonyl (C=O) groups excluding carboxylic acids is 1. The number of amides is 1. The van der Waals surface area contributed by atoms with Crippen LogP contribution in [0.4, 0.5) is 13.2 Å². The van der Waals surface area contributed by atoms with Crippen molar-refractivity contribution in [1.29, 1.82) is 0 Å². The number of carbonyl (C=O) groups is 1. The molecule has 4 rings (SSSR count). The van der Waals surface area contributed by atoms with E-state index < -0.39 is 33.4 Å². The van der Waals surface area contributed by atoms with Gasteiger partial charge in [0.2, 0.25) is 5.89 Å². The monoisotopic (exact) mass is 459 g/mol. The van der Waals surface area contributed by atoms with E-state index in [0.29, 0.717) is 18.3 Å². The number of hydrogen-bond acceptors (Lipinski definition) is 7. The molecule has 1 aliphatic carbocycles. The van der Waals surface area contributed by atoms with Crippen LogP contribution >= 0.6 is 0 Å². The van der Waals surface area contributed by atoms with Gasteiger partial charge in [-0.15, -0.1) is 0 Å². The first kappa shape index (κ1) is 21.6. The molecule has 1 saturated carbocycles. The van der Waals surface area contributed by atoms with Gasteiger partial charge >= 0.3 is 6.18 Å². The van der Waals surface area contributed by atoms with Gasteiger partial charge in [0, 0.05) is 19.3 Å². The number of aryl methyl sites for hydroxylation is 1. The minimum absolute atomic E-state index is 0.0906. The average Bonchev–Trinajstić information content (AvgIpc) is 2.99. The molecule has 0 N–H and O–H groups in total. The second kappa shape index (κ2) is 6.94. The highest BCUT2D eigenvalue weighted by molar-refractivity contribution is 7.90. The molecule has 0 bridgehead atoms. The van der Waals surface area contributed by atoms with E-state index in [1.165, 1.54) is 4.90 Å². The van der Waals surface area contributed by atoms with Crippen LogP contribution in [0.2, 0.25) is 0 Å². The average molecular weight is 459 g/mol. The molecule has 0 radical (unpaired) electrons. The van der Waals surface area contributed by atoms with Crippen molar-refractivity contribution in [2.45, 2.75) is 42.9 Å². The highest BCUT2D eigenvalue weighted by atomic mass is 32.2. The number of hydrogen-bond donors (Lipinski definition) is 0. The molecule has 31 heavy (non-hydrogen) atoms. The molecule has 168 valence electrons. The fourth-order valence-corrected chi connectivity index (χ4v) is 4.55. The normalized spacial score (nSPS) is 24.1. The molecule has 3 unspecified atom stereocenters. The van der Waals surface area contributed by atoms with Crippen molar-refractivity contribution in [2.24, 2.45) is 5.92 Å². The predicted molar refractivity (Wildman–Crippen MR) is 100 cm³/mol. The number of fused-ring (bicyclic) bond motifs is 1. The molecule has 1 amide bonds. The van der Waals surface area contributed by atoms with Crippen LogP contribution in [-0.2, 0) is 15.3 Å². The minimum atomic E-state index is -4.65. The van der Waals surface area contributed by atoms with Crippen LogP contribution < -0.4 is 4.74 Å². The van der Waals surface area contributed by atoms with Gasteiger partial charge in [-0.2, -0.15) is 18.2 Å². The summed E-state index contributed by atoms with van der Waals surface area (Å²) < 4.78 is 73.2. The smallest absolute Gasteiger partial charge is 0.425 e. The molecule has 2 fully saturated rings. The Morgan fingerprint density at radius 2 is 2.10 bits per heavy atom. The molecule has 8 nitrogen and oxygen atoms in total. The van der Waals surface area contributed by atoms with Crippen LogP contribution in [0.25, 0.3) is 0 Å². The Morgan fingerprint density at radius 3 is 2.68 bits per heavy atom. The Morgan fingerprint density at radius 1 is 1.39 bits per heavy atom. The first-order chi connectivity index (χ1) is 14.3. The van der Waals surface area contributed by atoms with Gasteiger partial charge in [0.05, 0.1) is 15.9 Å². The van der Waals surface area contributed by atoms with Crippen molar-refractivity contribution in [2.75, 3.05) is 19.3 Å². The number of rotatable bonds is 5. The van der Waals surface area contributed by atoms with Gasteiger partial charge in [-0.05, 0) is 44.4 Å². The van der Waals surface area contributed by atoms with E-state index in [1.807, 2.05) is 0 Å². The lowest BCUT2D eigenvalue weighted by Crippen LogP contribution is -2.35. The molecule has 3 atom stereocenters. The summed E-state index contributed by atoms with van der Waals surface area (Å²) in [6.07, 6.45) is -5.11. The maximum Gasteiger partial charge on any atom is 0.425 e. The van der Waals surface area contributed by atoms with Crippen molar-refractivity contribution in [3.8, 4) is 5.75 Å². The summed E-state index contributed by atoms with van der Waals surface area (Å²) in [5, 5.41) is 3.79. The number of benzene rings is 1. The Balaban J connectivity index is 1.65. The Kier molecular flexibility index (Phi) is 4.83. The lowest BCUT2D eigenvalue weighted by Gasteiger charge is -2.23. The number of halogens is 3. The van der Waals surface area contributed by atoms with Crippen molar-refractivity contribution in [1.82, 2.24) is 15.0 Å². The molecule has 12 heteroatoms. The number of ether oxygens (including phenoxy) is 1. The summed E-state index contributed by atoms with van der Waals surface area (Å²) in [7, 11) is -3.69. The molecule has 1 saturated heterocycles. The maximum atomic E-state index is 13.2. The van der Waals surface area contributed by atoms with Crippen molar-refractivity contribution < 1.29 is 35.6 Å². The molecule has 1 aliphatic heterocycles. The SMILES string of the molecule is Cc1noc(C23CC2CN(C(=O)c2cc(S(C)(=O)=O)ccc2OC(C)C(F)(F)F)C3)n1. The minimum Gasteiger partial charge on any atom is -0.480 e. The number of nitrogens with zero attached hydrogens (tertiary/aromatic N) is 3. The van der Waals surface area contributed by atoms with Crippen molar-refractivity contribution in [3.63, 3.8) is 0 Å². The van der Waals surface area contributed by atoms with Gasteiger partial charge in [0.1, 0.15) is 5.75 Å². The molecular weight excluding hydrogens is 439 g/mol. The van der Waals surface area contributed by atoms with E-state index in [1.54, 1.807) is 6.92 Å². The molecule has 1 aromatic carbocycles. The Bertz CT molecular complexity index is 1150. The van der Waals surface area contributed by atoms with Gasteiger partial charge in [-0.1, -0.05) is 5.16 Å². The predicted octanol–water partition coefficient (Wildman–Crippen LogP) is 2.52. The van der Waals surface area contributed by atoms with Crippen LogP contribution in [0.15, 0.2) is 27.6 Å². The van der Waals surface area contributed by atoms with Gasteiger partial charge < -0.3 is 14.2 Å². The maximum absolute atomic E-state index is 13.2. The van der Waals surface area contributed by atoms with Crippen molar-refractivity contribution in [3.05, 3.63) is 35.5 Å². The zero-order valence-corrected chi connectivity index (χ0v) is 17.7. The Labute approximate surface area is 176 Å². The second-order valence-corrected chi connectivity index (χ2v) is 10.1. The van der Waals surface area contributed by atoms with Gasteiger partial charge in [0.25, 0.3) is 5.91 Å². The quantitative estimate of drug-likeness (QED) is 0.677. The van der Waals surface area contributed by atoms with Crippen LogP contribution in [0, 0.1) is 12.8 Å². The van der Waals surface area contributed by atoms with E-state index >= 15 is 0 Å². The van der Waals surface area contributed by atoms with Crippen LogP contribution in [0.3, 0.4) is 0 Å². The third-order valence-corrected chi connectivity index (χ3v) is 6.87. The summed E-state index contributed by atoms with van der Waals surface area (Å²) in [5.41, 5.74) is -0.705. The van der Waals surface area contributed by atoms with E-state index in [2.05, 4.69) is 10.1 Å². The molecular formula is C19H20F3N3O5S. The standard InChI is InChI=1S/C19H20F3N3O5S/c1-10(19(20,21)22)29-15-5-4-13(31(3,27)28)6-14(15)16(26)25-8-12-7-18(12,9-25)17-23-11(2)24-30-17/h4-6,10,12H,7-9H2,1-3H3. The fourth-order valence-electron chi connectivity index (χ4n) is 3.91. The van der Waals surface area contributed by atoms with E-state index in [0.717, 1.165) is 37.8 Å². The lowest BCUT2D eigenvalue weighted by molar-refractivity contribution is -0.189. The third-order valence-electron chi connectivity index (χ3n) is 5.76. The van der Waals surface area contributed by atoms with E-state index in [4.69, 9.17) is 9.26 Å². The number of sulfone groups is 1. The topological polar surface area (TPSA) is 103 Å². The summed E-state index contributed by atoms with van der Waals surface area (Å²) in [4.78, 5) is 18.8. The molecule has 2 aliphatic rings. The summed E-state index contributed by atoms with van der Waals surface area (Å²) >= 11 is 0. The highest BCUT2D eigenvalue weighted by Gasteiger charge is 2.65. The number of likely N-dealkylation sites (tertiary alicyclic amines) is 1. The Hall–Kier alpha value is -2.63. The largest absolute Gasteiger partial charge is 0.480 e. The first-order valence-electron chi connectivity index (χ1n) is 9.49. The van der Waals surface area contributed by atoms with Gasteiger partial charge in [-0.25, -0.2) is 8.42 Å². The summed E-state index contributed by atoms with van der Waals surface area (Å²) in [6.45, 7) is 3.09. The molecule has 2 heterocycles. The highest BCUT2D eigenvalue weighted by Crippen LogP contribution is 2.58. The molecule has 2 aromatic rings. The third kappa shape index (κ3) is 3.88. The number of piperidine rings is 1. The zero-order chi connectivity index (χ0) is 22.8. The van der Waals surface area contributed by atoms with E-state index in [-0.39, 0.29) is 28.7 Å².